The zero-order valence-electron chi connectivity index (χ0n) is 25.5. The number of hydrogen-bond acceptors (Lipinski definition) is 8. The van der Waals surface area contributed by atoms with Crippen molar-refractivity contribution in [2.24, 2.45) is 20.0 Å². The maximum absolute atomic E-state index is 13.1. The van der Waals surface area contributed by atoms with Crippen LogP contribution < -0.4 is 26.6 Å². The van der Waals surface area contributed by atoms with Crippen molar-refractivity contribution in [2.45, 2.75) is 25.0 Å². The Morgan fingerprint density at radius 2 is 1.83 bits per heavy atom. The molecular formula is C33H33Cl2N5O6. The van der Waals surface area contributed by atoms with Crippen LogP contribution in [0.4, 0.5) is 5.69 Å². The number of halogens is 2. The highest BCUT2D eigenvalue weighted by Crippen LogP contribution is 2.44. The highest BCUT2D eigenvalue weighted by atomic mass is 35.5. The summed E-state index contributed by atoms with van der Waals surface area (Å²) in [6.45, 7) is 2.19. The van der Waals surface area contributed by atoms with Crippen LogP contribution in [-0.2, 0) is 25.3 Å². The van der Waals surface area contributed by atoms with Crippen molar-refractivity contribution in [3.8, 4) is 28.3 Å². The van der Waals surface area contributed by atoms with Crippen molar-refractivity contribution in [1.82, 2.24) is 19.4 Å². The molecule has 3 atom stereocenters. The highest BCUT2D eigenvalue weighted by Gasteiger charge is 2.36. The second-order valence-electron chi connectivity index (χ2n) is 11.6. The second kappa shape index (κ2) is 13.0. The summed E-state index contributed by atoms with van der Waals surface area (Å²) in [5.41, 5.74) is 2.88. The number of pyridine rings is 1. The lowest BCUT2D eigenvalue weighted by Gasteiger charge is -2.21. The van der Waals surface area contributed by atoms with E-state index in [1.165, 1.54) is 20.3 Å². The standard InChI is InChI=1S/C33H33Cl2N5O6/c1-39-15-22(32(43)40(2)33(39)44)30(42)37-23-9-5-7-20(28(23)35)19-6-4-8-21(27(19)34)24-12-18-13-25(41)29(26(18)31(38-24)45-3)36-14-17-10-11-46-16-17/h4-9,12,15,17,25,29,36,41H,10-11,13-14,16H2,1-3H3,(H,37,42)/t17-,25+,29-/m0/s1. The molecule has 1 saturated heterocycles. The Hall–Kier alpha value is -4.00. The predicted octanol–water partition coefficient (Wildman–Crippen LogP) is 3.96. The van der Waals surface area contributed by atoms with E-state index in [1.54, 1.807) is 25.3 Å². The first-order valence-corrected chi connectivity index (χ1v) is 15.6. The Labute approximate surface area is 274 Å². The number of benzene rings is 2. The van der Waals surface area contributed by atoms with E-state index in [0.29, 0.717) is 52.2 Å². The fourth-order valence-corrected chi connectivity index (χ4v) is 6.72. The minimum absolute atomic E-state index is 0.209. The molecule has 2 aromatic carbocycles. The summed E-state index contributed by atoms with van der Waals surface area (Å²) in [6.07, 6.45) is 1.98. The molecule has 0 radical (unpaired) electrons. The molecule has 6 rings (SSSR count). The van der Waals surface area contributed by atoms with Crippen molar-refractivity contribution in [1.29, 1.82) is 0 Å². The number of amides is 1. The number of ether oxygens (including phenoxy) is 2. The number of fused-ring (bicyclic) bond motifs is 1. The number of aryl methyl sites for hydroxylation is 1. The topological polar surface area (TPSA) is 137 Å². The molecule has 1 aliphatic heterocycles. The number of nitrogens with zero attached hydrogens (tertiary/aromatic N) is 3. The molecule has 11 nitrogen and oxygen atoms in total. The largest absolute Gasteiger partial charge is 0.481 e. The van der Waals surface area contributed by atoms with Crippen LogP contribution in [0.2, 0.25) is 10.0 Å². The number of carbonyl (C=O) groups excluding carboxylic acids is 1. The number of aliphatic hydroxyl groups excluding tert-OH is 1. The van der Waals surface area contributed by atoms with Crippen molar-refractivity contribution >= 4 is 34.8 Å². The number of nitrogens with one attached hydrogen (secondary N) is 2. The summed E-state index contributed by atoms with van der Waals surface area (Å²) in [6, 6.07) is 12.2. The van der Waals surface area contributed by atoms with E-state index >= 15 is 0 Å². The second-order valence-corrected chi connectivity index (χ2v) is 12.3. The molecule has 2 aliphatic rings. The minimum Gasteiger partial charge on any atom is -0.481 e. The highest BCUT2D eigenvalue weighted by molar-refractivity contribution is 6.39. The monoisotopic (exact) mass is 665 g/mol. The third-order valence-electron chi connectivity index (χ3n) is 8.58. The third kappa shape index (κ3) is 5.85. The minimum atomic E-state index is -0.723. The van der Waals surface area contributed by atoms with Crippen LogP contribution in [0.1, 0.15) is 33.9 Å². The smallest absolute Gasteiger partial charge is 0.330 e. The zero-order valence-corrected chi connectivity index (χ0v) is 27.0. The van der Waals surface area contributed by atoms with Gasteiger partial charge in [-0.05, 0) is 30.0 Å². The molecule has 4 aromatic rings. The lowest BCUT2D eigenvalue weighted by molar-refractivity contribution is 0.102. The average Bonchev–Trinajstić information content (AvgIpc) is 3.68. The number of anilines is 1. The molecule has 13 heteroatoms. The maximum Gasteiger partial charge on any atom is 0.330 e. The average molecular weight is 667 g/mol. The van der Waals surface area contributed by atoms with E-state index in [2.05, 4.69) is 10.6 Å². The fraction of sp³-hybridized carbons (Fsp3) is 0.333. The molecule has 0 spiro atoms. The molecule has 0 bridgehead atoms. The van der Waals surface area contributed by atoms with Gasteiger partial charge in [0.1, 0.15) is 5.56 Å². The summed E-state index contributed by atoms with van der Waals surface area (Å²) < 4.78 is 13.2. The molecule has 0 saturated carbocycles. The quantitative estimate of drug-likeness (QED) is 0.257. The molecule has 3 N–H and O–H groups in total. The van der Waals surface area contributed by atoms with Gasteiger partial charge in [-0.1, -0.05) is 53.5 Å². The Kier molecular flexibility index (Phi) is 9.04. The van der Waals surface area contributed by atoms with E-state index in [9.17, 15) is 19.5 Å². The Balaban J connectivity index is 1.32. The van der Waals surface area contributed by atoms with Crippen molar-refractivity contribution in [2.75, 3.05) is 32.2 Å². The number of aliphatic hydroxyl groups is 1. The predicted molar refractivity (Wildman–Crippen MR) is 176 cm³/mol. The van der Waals surface area contributed by atoms with Crippen LogP contribution >= 0.6 is 23.2 Å². The molecule has 1 fully saturated rings. The summed E-state index contributed by atoms with van der Waals surface area (Å²) in [5, 5.41) is 17.8. The summed E-state index contributed by atoms with van der Waals surface area (Å²) in [5.74, 6) is 0.102. The van der Waals surface area contributed by atoms with Gasteiger partial charge in [0.15, 0.2) is 0 Å². The molecule has 2 aromatic heterocycles. The lowest BCUT2D eigenvalue weighted by atomic mass is 9.99. The molecule has 240 valence electrons. The van der Waals surface area contributed by atoms with Crippen LogP contribution in [0, 0.1) is 5.92 Å². The SMILES string of the molecule is COc1nc(-c2cccc(-c3cccc(NC(=O)c4cn(C)c(=O)n(C)c4=O)c3Cl)c2Cl)cc2c1[C@@H](NC[C@@H]1CCOC1)[C@H](O)C2. The Morgan fingerprint density at radius 1 is 1.11 bits per heavy atom. The Bertz CT molecular complexity index is 1950. The summed E-state index contributed by atoms with van der Waals surface area (Å²) in [7, 11) is 4.32. The number of rotatable bonds is 8. The van der Waals surface area contributed by atoms with E-state index in [4.69, 9.17) is 37.7 Å². The van der Waals surface area contributed by atoms with Gasteiger partial charge in [0.05, 0.1) is 47.3 Å². The third-order valence-corrected chi connectivity index (χ3v) is 9.40. The first-order chi connectivity index (χ1) is 22.1. The number of methoxy groups -OCH3 is 1. The first-order valence-electron chi connectivity index (χ1n) is 14.8. The number of hydrogen-bond donors (Lipinski definition) is 3. The number of aromatic nitrogens is 3. The molecule has 0 unspecified atom stereocenters. The number of carbonyl (C=O) groups is 1. The molecule has 1 amide bonds. The van der Waals surface area contributed by atoms with Crippen LogP contribution in [0.25, 0.3) is 22.4 Å². The zero-order chi connectivity index (χ0) is 32.7. The first kappa shape index (κ1) is 32.0. The van der Waals surface area contributed by atoms with Crippen molar-refractivity contribution < 1.29 is 19.4 Å². The van der Waals surface area contributed by atoms with Crippen LogP contribution in [0.3, 0.4) is 0 Å². The van der Waals surface area contributed by atoms with Gasteiger partial charge in [0, 0.05) is 62.1 Å². The fourth-order valence-electron chi connectivity index (χ4n) is 6.12. The molecule has 46 heavy (non-hydrogen) atoms. The van der Waals surface area contributed by atoms with Crippen LogP contribution in [0.15, 0.2) is 58.3 Å². The van der Waals surface area contributed by atoms with Gasteiger partial charge in [-0.25, -0.2) is 9.78 Å². The maximum atomic E-state index is 13.1. The van der Waals surface area contributed by atoms with E-state index in [1.807, 2.05) is 24.3 Å². The van der Waals surface area contributed by atoms with Crippen molar-refractivity contribution in [3.63, 3.8) is 0 Å². The van der Waals surface area contributed by atoms with Gasteiger partial charge in [0.2, 0.25) is 5.88 Å². The molecule has 3 heterocycles. The van der Waals surface area contributed by atoms with Gasteiger partial charge < -0.3 is 29.8 Å². The Morgan fingerprint density at radius 3 is 2.54 bits per heavy atom. The van der Waals surface area contributed by atoms with Gasteiger partial charge in [0.25, 0.3) is 11.5 Å². The summed E-state index contributed by atoms with van der Waals surface area (Å²) >= 11 is 13.8. The lowest BCUT2D eigenvalue weighted by Crippen LogP contribution is -2.40. The van der Waals surface area contributed by atoms with Gasteiger partial charge >= 0.3 is 5.69 Å². The summed E-state index contributed by atoms with van der Waals surface area (Å²) in [4.78, 5) is 42.6. The van der Waals surface area contributed by atoms with E-state index < -0.39 is 23.3 Å². The van der Waals surface area contributed by atoms with Gasteiger partial charge in [-0.3, -0.25) is 14.2 Å². The van der Waals surface area contributed by atoms with Crippen LogP contribution in [-0.4, -0.2) is 58.1 Å². The van der Waals surface area contributed by atoms with E-state index in [0.717, 1.165) is 39.8 Å². The van der Waals surface area contributed by atoms with Crippen molar-refractivity contribution in [3.05, 3.63) is 96.2 Å². The van der Waals surface area contributed by atoms with Gasteiger partial charge in [-0.15, -0.1) is 0 Å². The van der Waals surface area contributed by atoms with Crippen LogP contribution in [0.5, 0.6) is 5.88 Å². The van der Waals surface area contributed by atoms with Gasteiger partial charge in [-0.2, -0.15) is 0 Å². The molecular weight excluding hydrogens is 633 g/mol. The van der Waals surface area contributed by atoms with E-state index in [-0.39, 0.29) is 22.3 Å². The molecule has 1 aliphatic carbocycles. The normalized spacial score (nSPS) is 18.9.